The molecule has 0 aliphatic rings. The lowest BCUT2D eigenvalue weighted by molar-refractivity contribution is -0.116. The number of aryl methyl sites for hydroxylation is 3. The maximum Gasteiger partial charge on any atom is 0.238 e. The molecule has 7 heteroatoms. The first kappa shape index (κ1) is 19.0. The number of carbonyl (C=O) groups is 1. The second-order valence-corrected chi connectivity index (χ2v) is 7.45. The molecule has 0 atom stereocenters. The fourth-order valence-corrected chi connectivity index (χ4v) is 3.09. The average Bonchev–Trinajstić information content (AvgIpc) is 2.53. The molecule has 134 valence electrons. The number of sulfonamides is 1. The van der Waals surface area contributed by atoms with Gasteiger partial charge >= 0.3 is 0 Å². The van der Waals surface area contributed by atoms with Crippen molar-refractivity contribution in [3.8, 4) is 5.75 Å². The minimum atomic E-state index is -3.86. The Balaban J connectivity index is 2.11. The van der Waals surface area contributed by atoms with Crippen molar-refractivity contribution in [2.45, 2.75) is 31.6 Å². The normalized spacial score (nSPS) is 11.2. The highest BCUT2D eigenvalue weighted by atomic mass is 32.2. The lowest BCUT2D eigenvalue weighted by Gasteiger charge is -2.12. The molecular weight excluding hydrogens is 340 g/mol. The fraction of sp³-hybridized carbons (Fsp3) is 0.278. The molecule has 3 N–H and O–H groups in total. The number of hydrogen-bond donors (Lipinski definition) is 2. The summed E-state index contributed by atoms with van der Waals surface area (Å²) in [7, 11) is -2.42. The van der Waals surface area contributed by atoms with Gasteiger partial charge in [0, 0.05) is 6.42 Å². The van der Waals surface area contributed by atoms with E-state index >= 15 is 0 Å². The van der Waals surface area contributed by atoms with Crippen LogP contribution in [-0.2, 0) is 21.2 Å². The number of primary sulfonamides is 1. The SMILES string of the molecule is COc1ccc(S(N)(=O)=O)cc1NC(=O)CCc1ccc(C)cc1C. The zero-order valence-electron chi connectivity index (χ0n) is 14.5. The van der Waals surface area contributed by atoms with Crippen molar-refractivity contribution in [2.24, 2.45) is 5.14 Å². The van der Waals surface area contributed by atoms with Crippen molar-refractivity contribution < 1.29 is 17.9 Å². The predicted molar refractivity (Wildman–Crippen MR) is 97.2 cm³/mol. The number of rotatable bonds is 6. The number of methoxy groups -OCH3 is 1. The van der Waals surface area contributed by atoms with Gasteiger partial charge in [-0.25, -0.2) is 13.6 Å². The summed E-state index contributed by atoms with van der Waals surface area (Å²) in [6, 6.07) is 10.2. The van der Waals surface area contributed by atoms with Crippen molar-refractivity contribution >= 4 is 21.6 Å². The van der Waals surface area contributed by atoms with E-state index in [-0.39, 0.29) is 22.9 Å². The van der Waals surface area contributed by atoms with Gasteiger partial charge in [-0.1, -0.05) is 23.8 Å². The molecule has 0 radical (unpaired) electrons. The second kappa shape index (κ2) is 7.67. The molecule has 6 nitrogen and oxygen atoms in total. The topological polar surface area (TPSA) is 98.5 Å². The third-order valence-corrected chi connectivity index (χ3v) is 4.80. The molecule has 0 saturated heterocycles. The van der Waals surface area contributed by atoms with Crippen molar-refractivity contribution in [1.82, 2.24) is 0 Å². The van der Waals surface area contributed by atoms with Crippen LogP contribution in [0.15, 0.2) is 41.3 Å². The van der Waals surface area contributed by atoms with Crippen LogP contribution in [0.3, 0.4) is 0 Å². The molecule has 0 spiro atoms. The monoisotopic (exact) mass is 362 g/mol. The van der Waals surface area contributed by atoms with Crippen LogP contribution in [-0.4, -0.2) is 21.4 Å². The number of nitrogens with one attached hydrogen (secondary N) is 1. The minimum absolute atomic E-state index is 0.0852. The number of carbonyl (C=O) groups excluding carboxylic acids is 1. The van der Waals surface area contributed by atoms with Gasteiger partial charge < -0.3 is 10.1 Å². The summed E-state index contributed by atoms with van der Waals surface area (Å²) in [5, 5.41) is 7.82. The van der Waals surface area contributed by atoms with Crippen molar-refractivity contribution in [3.63, 3.8) is 0 Å². The largest absolute Gasteiger partial charge is 0.495 e. The van der Waals surface area contributed by atoms with Gasteiger partial charge in [-0.3, -0.25) is 4.79 Å². The highest BCUT2D eigenvalue weighted by Gasteiger charge is 2.14. The smallest absolute Gasteiger partial charge is 0.238 e. The fourth-order valence-electron chi connectivity index (χ4n) is 2.55. The number of nitrogens with two attached hydrogens (primary N) is 1. The third kappa shape index (κ3) is 5.04. The molecule has 2 rings (SSSR count). The molecule has 0 aliphatic carbocycles. The zero-order chi connectivity index (χ0) is 18.6. The van der Waals surface area contributed by atoms with E-state index in [0.717, 1.165) is 11.1 Å². The Labute approximate surface area is 148 Å². The summed E-state index contributed by atoms with van der Waals surface area (Å²) in [4.78, 5) is 12.2. The molecule has 2 aromatic carbocycles. The minimum Gasteiger partial charge on any atom is -0.495 e. The van der Waals surface area contributed by atoms with Crippen LogP contribution in [0.4, 0.5) is 5.69 Å². The first-order valence-electron chi connectivity index (χ1n) is 7.77. The molecule has 0 unspecified atom stereocenters. The second-order valence-electron chi connectivity index (χ2n) is 5.89. The van der Waals surface area contributed by atoms with E-state index in [1.54, 1.807) is 0 Å². The summed E-state index contributed by atoms with van der Waals surface area (Å²) < 4.78 is 28.1. The molecule has 25 heavy (non-hydrogen) atoms. The van der Waals surface area contributed by atoms with Crippen molar-refractivity contribution in [1.29, 1.82) is 0 Å². The van der Waals surface area contributed by atoms with Crippen LogP contribution < -0.4 is 15.2 Å². The standard InChI is InChI=1S/C18H22N2O4S/c1-12-4-5-14(13(2)10-12)6-9-18(21)20-16-11-15(25(19,22)23)7-8-17(16)24-3/h4-5,7-8,10-11H,6,9H2,1-3H3,(H,20,21)(H2,19,22,23). The van der Waals surface area contributed by atoms with Gasteiger partial charge in [-0.15, -0.1) is 0 Å². The summed E-state index contributed by atoms with van der Waals surface area (Å²) in [6.45, 7) is 4.03. The molecule has 0 aliphatic heterocycles. The van der Waals surface area contributed by atoms with Crippen molar-refractivity contribution in [3.05, 3.63) is 53.1 Å². The Hall–Kier alpha value is -2.38. The van der Waals surface area contributed by atoms with Crippen molar-refractivity contribution in [2.75, 3.05) is 12.4 Å². The zero-order valence-corrected chi connectivity index (χ0v) is 15.3. The molecule has 0 bridgehead atoms. The third-order valence-electron chi connectivity index (χ3n) is 3.89. The molecule has 0 heterocycles. The Bertz CT molecular complexity index is 892. The van der Waals surface area contributed by atoms with E-state index in [1.807, 2.05) is 26.0 Å². The van der Waals surface area contributed by atoms with Gasteiger partial charge in [-0.05, 0) is 49.6 Å². The van der Waals surface area contributed by atoms with E-state index in [0.29, 0.717) is 12.2 Å². The van der Waals surface area contributed by atoms with Gasteiger partial charge in [0.1, 0.15) is 5.75 Å². The number of benzene rings is 2. The lowest BCUT2D eigenvalue weighted by Crippen LogP contribution is -2.16. The summed E-state index contributed by atoms with van der Waals surface area (Å²) in [5.41, 5.74) is 3.70. The van der Waals surface area contributed by atoms with Crippen LogP contribution in [0.2, 0.25) is 0 Å². The van der Waals surface area contributed by atoms with Crippen LogP contribution in [0.1, 0.15) is 23.1 Å². The van der Waals surface area contributed by atoms with Gasteiger partial charge in [0.25, 0.3) is 0 Å². The van der Waals surface area contributed by atoms with E-state index in [2.05, 4.69) is 11.4 Å². The molecule has 0 aromatic heterocycles. The Morgan fingerprint density at radius 2 is 1.88 bits per heavy atom. The molecular formula is C18H22N2O4S. The van der Waals surface area contributed by atoms with Crippen LogP contribution in [0.25, 0.3) is 0 Å². The van der Waals surface area contributed by atoms with Crippen LogP contribution in [0.5, 0.6) is 5.75 Å². The van der Waals surface area contributed by atoms with E-state index in [9.17, 15) is 13.2 Å². The van der Waals surface area contributed by atoms with Crippen LogP contribution in [0, 0.1) is 13.8 Å². The van der Waals surface area contributed by atoms with Crippen LogP contribution >= 0.6 is 0 Å². The molecule has 0 saturated carbocycles. The summed E-state index contributed by atoms with van der Waals surface area (Å²) in [5.74, 6) is 0.136. The number of hydrogen-bond acceptors (Lipinski definition) is 4. The van der Waals surface area contributed by atoms with E-state index < -0.39 is 10.0 Å². The van der Waals surface area contributed by atoms with Gasteiger partial charge in [-0.2, -0.15) is 0 Å². The summed E-state index contributed by atoms with van der Waals surface area (Å²) in [6.07, 6.45) is 0.863. The van der Waals surface area contributed by atoms with E-state index in [4.69, 9.17) is 9.88 Å². The van der Waals surface area contributed by atoms with Gasteiger partial charge in [0.15, 0.2) is 0 Å². The van der Waals surface area contributed by atoms with Gasteiger partial charge in [0.05, 0.1) is 17.7 Å². The Kier molecular flexibility index (Phi) is 5.81. The number of anilines is 1. The first-order chi connectivity index (χ1) is 11.7. The lowest BCUT2D eigenvalue weighted by atomic mass is 10.0. The maximum atomic E-state index is 12.2. The highest BCUT2D eigenvalue weighted by Crippen LogP contribution is 2.27. The maximum absolute atomic E-state index is 12.2. The van der Waals surface area contributed by atoms with Gasteiger partial charge in [0.2, 0.25) is 15.9 Å². The Morgan fingerprint density at radius 3 is 2.48 bits per heavy atom. The first-order valence-corrected chi connectivity index (χ1v) is 9.32. The average molecular weight is 362 g/mol. The Morgan fingerprint density at radius 1 is 1.16 bits per heavy atom. The number of amides is 1. The summed E-state index contributed by atoms with van der Waals surface area (Å²) >= 11 is 0. The highest BCUT2D eigenvalue weighted by molar-refractivity contribution is 7.89. The molecule has 2 aromatic rings. The molecule has 0 fully saturated rings. The molecule has 1 amide bonds. The predicted octanol–water partition coefficient (Wildman–Crippen LogP) is 2.53. The van der Waals surface area contributed by atoms with E-state index in [1.165, 1.54) is 30.9 Å². The quantitative estimate of drug-likeness (QED) is 0.825. The number of ether oxygens (including phenoxy) is 1.